The van der Waals surface area contributed by atoms with E-state index in [4.69, 9.17) is 16.7 Å². The minimum atomic E-state index is -0.941. The topological polar surface area (TPSA) is 57.6 Å². The number of hydrogen-bond donors (Lipinski definition) is 1. The Balaban J connectivity index is 2.99. The second-order valence-electron chi connectivity index (χ2n) is 3.82. The van der Waals surface area contributed by atoms with E-state index in [2.05, 4.69) is 0 Å². The zero-order chi connectivity index (χ0) is 13.0. The van der Waals surface area contributed by atoms with Crippen LogP contribution in [0.5, 0.6) is 0 Å². The van der Waals surface area contributed by atoms with Gasteiger partial charge in [-0.05, 0) is 12.1 Å². The van der Waals surface area contributed by atoms with Crippen molar-refractivity contribution >= 4 is 29.2 Å². The normalized spacial score (nSPS) is 11.9. The molecule has 1 unspecified atom stereocenters. The van der Waals surface area contributed by atoms with Crippen LogP contribution >= 0.6 is 11.6 Å². The van der Waals surface area contributed by atoms with Crippen LogP contribution in [0.15, 0.2) is 24.3 Å². The molecule has 0 heterocycles. The lowest BCUT2D eigenvalue weighted by Gasteiger charge is -2.24. The van der Waals surface area contributed by atoms with Crippen LogP contribution in [0.2, 0.25) is 5.02 Å². The SMILES string of the molecule is CC(=O)N(CC(C)C(=O)O)c1ccccc1Cl. The second-order valence-corrected chi connectivity index (χ2v) is 4.23. The molecule has 1 rings (SSSR count). The number of para-hydroxylation sites is 1. The number of nitrogens with zero attached hydrogens (tertiary/aromatic N) is 1. The Kier molecular flexibility index (Phi) is 4.52. The predicted molar refractivity (Wildman–Crippen MR) is 66.3 cm³/mol. The number of aliphatic carboxylic acids is 1. The van der Waals surface area contributed by atoms with E-state index in [-0.39, 0.29) is 12.5 Å². The summed E-state index contributed by atoms with van der Waals surface area (Å²) in [7, 11) is 0. The number of anilines is 1. The molecule has 1 N–H and O–H groups in total. The molecule has 17 heavy (non-hydrogen) atoms. The molecule has 0 saturated heterocycles. The third-order valence-corrected chi connectivity index (χ3v) is 2.72. The highest BCUT2D eigenvalue weighted by molar-refractivity contribution is 6.33. The molecule has 0 spiro atoms. The maximum Gasteiger partial charge on any atom is 0.308 e. The number of carbonyl (C=O) groups excluding carboxylic acids is 1. The molecule has 0 aromatic heterocycles. The number of amides is 1. The van der Waals surface area contributed by atoms with Crippen molar-refractivity contribution in [2.24, 2.45) is 5.92 Å². The minimum absolute atomic E-state index is 0.106. The van der Waals surface area contributed by atoms with Crippen LogP contribution in [-0.4, -0.2) is 23.5 Å². The van der Waals surface area contributed by atoms with E-state index in [9.17, 15) is 9.59 Å². The molecule has 0 radical (unpaired) electrons. The molecule has 5 heteroatoms. The first-order chi connectivity index (χ1) is 7.93. The van der Waals surface area contributed by atoms with Gasteiger partial charge in [0.25, 0.3) is 0 Å². The van der Waals surface area contributed by atoms with Gasteiger partial charge in [-0.3, -0.25) is 9.59 Å². The Hall–Kier alpha value is -1.55. The minimum Gasteiger partial charge on any atom is -0.481 e. The van der Waals surface area contributed by atoms with E-state index in [1.54, 1.807) is 31.2 Å². The van der Waals surface area contributed by atoms with Gasteiger partial charge in [0, 0.05) is 13.5 Å². The Bertz CT molecular complexity index is 434. The number of rotatable bonds is 4. The number of halogens is 1. The quantitative estimate of drug-likeness (QED) is 0.899. The summed E-state index contributed by atoms with van der Waals surface area (Å²) in [5, 5.41) is 9.29. The van der Waals surface area contributed by atoms with Crippen LogP contribution in [0.1, 0.15) is 13.8 Å². The number of carboxylic acid groups (broad SMARTS) is 1. The molecule has 1 aromatic carbocycles. The average molecular weight is 256 g/mol. The Morgan fingerprint density at radius 1 is 1.41 bits per heavy atom. The van der Waals surface area contributed by atoms with Crippen LogP contribution in [0.4, 0.5) is 5.69 Å². The first-order valence-corrected chi connectivity index (χ1v) is 5.56. The van der Waals surface area contributed by atoms with Gasteiger partial charge < -0.3 is 10.0 Å². The largest absolute Gasteiger partial charge is 0.481 e. The molecule has 0 saturated carbocycles. The maximum absolute atomic E-state index is 11.5. The molecule has 0 aliphatic carbocycles. The van der Waals surface area contributed by atoms with Crippen LogP contribution in [0.25, 0.3) is 0 Å². The predicted octanol–water partition coefficient (Wildman–Crippen LogP) is 2.41. The van der Waals surface area contributed by atoms with Crippen LogP contribution < -0.4 is 4.90 Å². The van der Waals surface area contributed by atoms with Crippen molar-refractivity contribution in [1.82, 2.24) is 0 Å². The summed E-state index contributed by atoms with van der Waals surface area (Å²) in [6.07, 6.45) is 0. The van der Waals surface area contributed by atoms with Crippen molar-refractivity contribution in [1.29, 1.82) is 0 Å². The van der Waals surface area contributed by atoms with Crippen LogP contribution in [-0.2, 0) is 9.59 Å². The highest BCUT2D eigenvalue weighted by Crippen LogP contribution is 2.26. The second kappa shape index (κ2) is 5.68. The van der Waals surface area contributed by atoms with E-state index >= 15 is 0 Å². The van der Waals surface area contributed by atoms with Crippen molar-refractivity contribution in [3.8, 4) is 0 Å². The summed E-state index contributed by atoms with van der Waals surface area (Å²) in [6.45, 7) is 3.04. The van der Waals surface area contributed by atoms with Crippen molar-refractivity contribution in [3.63, 3.8) is 0 Å². The molecular weight excluding hydrogens is 242 g/mol. The van der Waals surface area contributed by atoms with Gasteiger partial charge in [-0.15, -0.1) is 0 Å². The van der Waals surface area contributed by atoms with Gasteiger partial charge in [-0.1, -0.05) is 30.7 Å². The molecule has 0 bridgehead atoms. The van der Waals surface area contributed by atoms with Crippen molar-refractivity contribution in [2.75, 3.05) is 11.4 Å². The smallest absolute Gasteiger partial charge is 0.308 e. The summed E-state index contributed by atoms with van der Waals surface area (Å²) >= 11 is 5.98. The average Bonchev–Trinajstić information content (AvgIpc) is 2.26. The summed E-state index contributed by atoms with van der Waals surface area (Å²) in [4.78, 5) is 23.7. The van der Waals surface area contributed by atoms with E-state index < -0.39 is 11.9 Å². The van der Waals surface area contributed by atoms with E-state index in [1.165, 1.54) is 11.8 Å². The fourth-order valence-corrected chi connectivity index (χ4v) is 1.66. The first-order valence-electron chi connectivity index (χ1n) is 5.19. The van der Waals surface area contributed by atoms with Gasteiger partial charge in [0.05, 0.1) is 16.6 Å². The molecule has 4 nitrogen and oxygen atoms in total. The lowest BCUT2D eigenvalue weighted by molar-refractivity contribution is -0.140. The molecule has 0 aliphatic rings. The third kappa shape index (κ3) is 3.46. The number of carbonyl (C=O) groups is 2. The number of benzene rings is 1. The van der Waals surface area contributed by atoms with E-state index in [0.717, 1.165) is 0 Å². The van der Waals surface area contributed by atoms with Crippen molar-refractivity contribution in [3.05, 3.63) is 29.3 Å². The van der Waals surface area contributed by atoms with Gasteiger partial charge in [-0.25, -0.2) is 0 Å². The van der Waals surface area contributed by atoms with E-state index in [0.29, 0.717) is 10.7 Å². The van der Waals surface area contributed by atoms with Gasteiger partial charge in [0.1, 0.15) is 0 Å². The lowest BCUT2D eigenvalue weighted by atomic mass is 10.1. The molecule has 0 fully saturated rings. The maximum atomic E-state index is 11.5. The highest BCUT2D eigenvalue weighted by atomic mass is 35.5. The molecule has 92 valence electrons. The Labute approximate surface area is 105 Å². The monoisotopic (exact) mass is 255 g/mol. The summed E-state index contributed by atoms with van der Waals surface area (Å²) < 4.78 is 0. The van der Waals surface area contributed by atoms with Gasteiger partial charge in [0.15, 0.2) is 0 Å². The Morgan fingerprint density at radius 3 is 2.47 bits per heavy atom. The number of hydrogen-bond acceptors (Lipinski definition) is 2. The first kappa shape index (κ1) is 13.5. The van der Waals surface area contributed by atoms with Crippen LogP contribution in [0.3, 0.4) is 0 Å². The molecule has 1 atom stereocenters. The van der Waals surface area contributed by atoms with Crippen molar-refractivity contribution in [2.45, 2.75) is 13.8 Å². The van der Waals surface area contributed by atoms with Gasteiger partial charge in [0.2, 0.25) is 5.91 Å². The molecule has 0 aliphatic heterocycles. The number of carboxylic acids is 1. The summed E-state index contributed by atoms with van der Waals surface area (Å²) in [5.74, 6) is -1.82. The standard InChI is InChI=1S/C12H14ClNO3/c1-8(12(16)17)7-14(9(2)15)11-6-4-3-5-10(11)13/h3-6,8H,7H2,1-2H3,(H,16,17). The fourth-order valence-electron chi connectivity index (χ4n) is 1.42. The Morgan fingerprint density at radius 2 is 2.00 bits per heavy atom. The fraction of sp³-hybridized carbons (Fsp3) is 0.333. The zero-order valence-electron chi connectivity index (χ0n) is 9.68. The molecule has 1 amide bonds. The highest BCUT2D eigenvalue weighted by Gasteiger charge is 2.20. The summed E-state index contributed by atoms with van der Waals surface area (Å²) in [5.41, 5.74) is 0.537. The van der Waals surface area contributed by atoms with E-state index in [1.807, 2.05) is 0 Å². The summed E-state index contributed by atoms with van der Waals surface area (Å²) in [6, 6.07) is 6.87. The zero-order valence-corrected chi connectivity index (χ0v) is 10.4. The third-order valence-electron chi connectivity index (χ3n) is 2.40. The molecule has 1 aromatic rings. The van der Waals surface area contributed by atoms with Gasteiger partial charge in [-0.2, -0.15) is 0 Å². The van der Waals surface area contributed by atoms with Crippen molar-refractivity contribution < 1.29 is 14.7 Å². The van der Waals surface area contributed by atoms with Gasteiger partial charge >= 0.3 is 5.97 Å². The van der Waals surface area contributed by atoms with Crippen LogP contribution in [0, 0.1) is 5.92 Å². The lowest BCUT2D eigenvalue weighted by Crippen LogP contribution is -2.35. The molecular formula is C12H14ClNO3.